The molecule has 116 valence electrons. The number of nitrogens with one attached hydrogen (secondary N) is 1. The number of carbonyl (C=O) groups is 2. The van der Waals surface area contributed by atoms with E-state index in [0.717, 1.165) is 22.9 Å². The summed E-state index contributed by atoms with van der Waals surface area (Å²) in [4.78, 5) is 26.4. The smallest absolute Gasteiger partial charge is 0.337 e. The van der Waals surface area contributed by atoms with Crippen LogP contribution in [0, 0.1) is 0 Å². The molecule has 1 N–H and O–H groups in total. The standard InChI is InChI=1S/C16H17BrN2O3/c1-9-13(15(20)22-2)14(10-3-5-11(17)6-4-10)18-16(21)19(9)12-7-8-12/h3-6,12,14H,7-8H2,1-2H3,(H,18,21)/t14-/m1/s1. The number of halogens is 1. The van der Waals surface area contributed by atoms with Crippen molar-refractivity contribution in [3.8, 4) is 0 Å². The highest BCUT2D eigenvalue weighted by molar-refractivity contribution is 9.10. The molecule has 5 nitrogen and oxygen atoms in total. The predicted molar refractivity (Wildman–Crippen MR) is 85.0 cm³/mol. The first kappa shape index (κ1) is 15.1. The van der Waals surface area contributed by atoms with Crippen LogP contribution in [0.5, 0.6) is 0 Å². The van der Waals surface area contributed by atoms with Gasteiger partial charge in [0.2, 0.25) is 0 Å². The summed E-state index contributed by atoms with van der Waals surface area (Å²) < 4.78 is 5.88. The van der Waals surface area contributed by atoms with Crippen LogP contribution in [-0.2, 0) is 9.53 Å². The third kappa shape index (κ3) is 2.63. The van der Waals surface area contributed by atoms with Gasteiger partial charge in [-0.1, -0.05) is 28.1 Å². The molecule has 0 spiro atoms. The van der Waals surface area contributed by atoms with Gasteiger partial charge in [-0.05, 0) is 37.5 Å². The molecule has 0 unspecified atom stereocenters. The molecule has 2 amide bonds. The van der Waals surface area contributed by atoms with Crippen molar-refractivity contribution < 1.29 is 14.3 Å². The van der Waals surface area contributed by atoms with Crippen LogP contribution >= 0.6 is 15.9 Å². The number of nitrogens with zero attached hydrogens (tertiary/aromatic N) is 1. The second-order valence-electron chi connectivity index (χ2n) is 5.53. The molecule has 6 heteroatoms. The van der Waals surface area contributed by atoms with E-state index in [-0.39, 0.29) is 12.1 Å². The molecular formula is C16H17BrN2O3. The van der Waals surface area contributed by atoms with Crippen LogP contribution in [0.1, 0.15) is 31.4 Å². The van der Waals surface area contributed by atoms with Gasteiger partial charge in [0.05, 0.1) is 18.7 Å². The first-order valence-electron chi connectivity index (χ1n) is 7.17. The van der Waals surface area contributed by atoms with Crippen LogP contribution in [0.2, 0.25) is 0 Å². The number of carbonyl (C=O) groups excluding carboxylic acids is 2. The van der Waals surface area contributed by atoms with Crippen molar-refractivity contribution in [3.63, 3.8) is 0 Å². The Morgan fingerprint density at radius 3 is 2.50 bits per heavy atom. The van der Waals surface area contributed by atoms with E-state index in [2.05, 4.69) is 21.2 Å². The number of methoxy groups -OCH3 is 1. The average Bonchev–Trinajstić information content (AvgIpc) is 3.31. The Labute approximate surface area is 137 Å². The number of benzene rings is 1. The summed E-state index contributed by atoms with van der Waals surface area (Å²) in [7, 11) is 1.36. The van der Waals surface area contributed by atoms with E-state index in [1.165, 1.54) is 7.11 Å². The number of amides is 2. The van der Waals surface area contributed by atoms with Crippen molar-refractivity contribution in [2.24, 2.45) is 0 Å². The van der Waals surface area contributed by atoms with E-state index < -0.39 is 12.0 Å². The zero-order valence-electron chi connectivity index (χ0n) is 12.4. The molecule has 1 aromatic rings. The molecule has 0 saturated heterocycles. The van der Waals surface area contributed by atoms with Gasteiger partial charge < -0.3 is 10.1 Å². The van der Waals surface area contributed by atoms with Crippen molar-refractivity contribution in [2.75, 3.05) is 7.11 Å². The highest BCUT2D eigenvalue weighted by Crippen LogP contribution is 2.37. The van der Waals surface area contributed by atoms with Gasteiger partial charge in [-0.3, -0.25) is 4.90 Å². The number of hydrogen-bond donors (Lipinski definition) is 1. The Kier molecular flexibility index (Phi) is 3.95. The molecule has 1 aliphatic heterocycles. The van der Waals surface area contributed by atoms with Gasteiger partial charge in [-0.15, -0.1) is 0 Å². The number of rotatable bonds is 3. The molecule has 1 aromatic carbocycles. The fourth-order valence-electron chi connectivity index (χ4n) is 2.81. The Morgan fingerprint density at radius 2 is 1.95 bits per heavy atom. The maximum Gasteiger partial charge on any atom is 0.337 e. The van der Waals surface area contributed by atoms with E-state index in [1.54, 1.807) is 4.90 Å². The second-order valence-corrected chi connectivity index (χ2v) is 6.44. The van der Waals surface area contributed by atoms with Crippen molar-refractivity contribution in [1.29, 1.82) is 0 Å². The first-order chi connectivity index (χ1) is 10.5. The summed E-state index contributed by atoms with van der Waals surface area (Å²) in [5.41, 5.74) is 2.04. The lowest BCUT2D eigenvalue weighted by Crippen LogP contribution is -2.48. The number of allylic oxidation sites excluding steroid dienone is 1. The third-order valence-corrected chi connectivity index (χ3v) is 4.58. The second kappa shape index (κ2) is 5.76. The Hall–Kier alpha value is -1.82. The number of urea groups is 1. The summed E-state index contributed by atoms with van der Waals surface area (Å²) in [6, 6.07) is 7.11. The van der Waals surface area contributed by atoms with Gasteiger partial charge in [0.15, 0.2) is 0 Å². The lowest BCUT2D eigenvalue weighted by atomic mass is 9.95. The maximum atomic E-state index is 12.4. The van der Waals surface area contributed by atoms with Crippen LogP contribution < -0.4 is 5.32 Å². The summed E-state index contributed by atoms with van der Waals surface area (Å²) in [5.74, 6) is -0.406. The molecule has 1 aliphatic carbocycles. The van der Waals surface area contributed by atoms with Crippen molar-refractivity contribution in [2.45, 2.75) is 31.8 Å². The van der Waals surface area contributed by atoms with Crippen LogP contribution in [-0.4, -0.2) is 30.1 Å². The Bertz CT molecular complexity index is 650. The van der Waals surface area contributed by atoms with E-state index >= 15 is 0 Å². The van der Waals surface area contributed by atoms with Crippen molar-refractivity contribution in [1.82, 2.24) is 10.2 Å². The minimum Gasteiger partial charge on any atom is -0.466 e. The molecule has 22 heavy (non-hydrogen) atoms. The summed E-state index contributed by atoms with van der Waals surface area (Å²) >= 11 is 3.39. The minimum absolute atomic E-state index is 0.152. The molecule has 3 rings (SSSR count). The number of esters is 1. The molecule has 0 aromatic heterocycles. The predicted octanol–water partition coefficient (Wildman–Crippen LogP) is 3.12. The summed E-state index contributed by atoms with van der Waals surface area (Å²) in [6.07, 6.45) is 1.95. The van der Waals surface area contributed by atoms with Gasteiger partial charge in [-0.2, -0.15) is 0 Å². The monoisotopic (exact) mass is 364 g/mol. The Balaban J connectivity index is 2.06. The molecule has 0 radical (unpaired) electrons. The van der Waals surface area contributed by atoms with Gasteiger partial charge in [0.25, 0.3) is 0 Å². The van der Waals surface area contributed by atoms with Crippen LogP contribution in [0.25, 0.3) is 0 Å². The van der Waals surface area contributed by atoms with Gasteiger partial charge in [0, 0.05) is 16.2 Å². The topological polar surface area (TPSA) is 58.6 Å². The largest absolute Gasteiger partial charge is 0.466 e. The molecular weight excluding hydrogens is 348 g/mol. The quantitative estimate of drug-likeness (QED) is 0.838. The van der Waals surface area contributed by atoms with E-state index in [9.17, 15) is 9.59 Å². The van der Waals surface area contributed by atoms with Crippen LogP contribution in [0.4, 0.5) is 4.79 Å². The van der Waals surface area contributed by atoms with E-state index in [1.807, 2.05) is 31.2 Å². The fourth-order valence-corrected chi connectivity index (χ4v) is 3.07. The highest BCUT2D eigenvalue weighted by Gasteiger charge is 2.42. The molecule has 1 saturated carbocycles. The molecule has 1 heterocycles. The highest BCUT2D eigenvalue weighted by atomic mass is 79.9. The van der Waals surface area contributed by atoms with Crippen molar-refractivity contribution >= 4 is 27.9 Å². The van der Waals surface area contributed by atoms with Crippen LogP contribution in [0.15, 0.2) is 40.0 Å². The van der Waals surface area contributed by atoms with E-state index in [0.29, 0.717) is 11.3 Å². The van der Waals surface area contributed by atoms with Gasteiger partial charge >= 0.3 is 12.0 Å². The van der Waals surface area contributed by atoms with Gasteiger partial charge in [0.1, 0.15) is 0 Å². The summed E-state index contributed by atoms with van der Waals surface area (Å²) in [6.45, 7) is 1.81. The maximum absolute atomic E-state index is 12.4. The molecule has 1 fully saturated rings. The number of ether oxygens (including phenoxy) is 1. The zero-order chi connectivity index (χ0) is 15.9. The first-order valence-corrected chi connectivity index (χ1v) is 7.96. The van der Waals surface area contributed by atoms with E-state index in [4.69, 9.17) is 4.74 Å². The minimum atomic E-state index is -0.483. The third-order valence-electron chi connectivity index (χ3n) is 4.05. The van der Waals surface area contributed by atoms with Crippen LogP contribution in [0.3, 0.4) is 0 Å². The Morgan fingerprint density at radius 1 is 1.32 bits per heavy atom. The van der Waals surface area contributed by atoms with Gasteiger partial charge in [-0.25, -0.2) is 9.59 Å². The number of hydrogen-bond acceptors (Lipinski definition) is 3. The molecule has 1 atom stereocenters. The lowest BCUT2D eigenvalue weighted by molar-refractivity contribution is -0.136. The molecule has 2 aliphatic rings. The van der Waals surface area contributed by atoms with Crippen molar-refractivity contribution in [3.05, 3.63) is 45.6 Å². The lowest BCUT2D eigenvalue weighted by Gasteiger charge is -2.35. The normalized spacial score (nSPS) is 21.7. The fraction of sp³-hybridized carbons (Fsp3) is 0.375. The average molecular weight is 365 g/mol. The zero-order valence-corrected chi connectivity index (χ0v) is 14.0. The molecule has 0 bridgehead atoms. The SMILES string of the molecule is COC(=O)C1=C(C)N(C2CC2)C(=O)N[C@@H]1c1ccc(Br)cc1. The summed E-state index contributed by atoms with van der Waals surface area (Å²) in [5, 5.41) is 2.93.